The van der Waals surface area contributed by atoms with E-state index in [1.54, 1.807) is 6.20 Å². The molecule has 0 unspecified atom stereocenters. The van der Waals surface area contributed by atoms with E-state index >= 15 is 0 Å². The van der Waals surface area contributed by atoms with Crippen molar-refractivity contribution in [2.24, 2.45) is 5.92 Å². The molecule has 8 heteroatoms. The van der Waals surface area contributed by atoms with Crippen LogP contribution in [0.5, 0.6) is 0 Å². The summed E-state index contributed by atoms with van der Waals surface area (Å²) in [4.78, 5) is 20.9. The molecule has 3 aromatic rings. The van der Waals surface area contributed by atoms with Gasteiger partial charge in [-0.2, -0.15) is 0 Å². The van der Waals surface area contributed by atoms with E-state index in [2.05, 4.69) is 93.1 Å². The molecule has 0 spiro atoms. The van der Waals surface area contributed by atoms with Gasteiger partial charge in [0, 0.05) is 6.54 Å². The monoisotopic (exact) mass is 473 g/mol. The van der Waals surface area contributed by atoms with Gasteiger partial charge in [0.15, 0.2) is 0 Å². The summed E-state index contributed by atoms with van der Waals surface area (Å²) in [6, 6.07) is 16.4. The fourth-order valence-electron chi connectivity index (χ4n) is 4.82. The number of carboxylic acid groups (broad SMARTS) is 1. The second-order valence-corrected chi connectivity index (χ2v) is 10.8. The summed E-state index contributed by atoms with van der Waals surface area (Å²) in [5.74, 6) is 1.02. The van der Waals surface area contributed by atoms with Crippen LogP contribution in [0.3, 0.4) is 0 Å². The maximum atomic E-state index is 11.6. The van der Waals surface area contributed by atoms with Crippen molar-refractivity contribution in [3.05, 3.63) is 60.6 Å². The lowest BCUT2D eigenvalue weighted by molar-refractivity contribution is 0.00578. The van der Waals surface area contributed by atoms with Gasteiger partial charge < -0.3 is 19.4 Å². The van der Waals surface area contributed by atoms with Crippen LogP contribution in [0.25, 0.3) is 22.4 Å². The Labute approximate surface area is 206 Å². The summed E-state index contributed by atoms with van der Waals surface area (Å²) in [5, 5.41) is 9.52. The van der Waals surface area contributed by atoms with E-state index in [-0.39, 0.29) is 24.4 Å². The summed E-state index contributed by atoms with van der Waals surface area (Å²) >= 11 is 0. The van der Waals surface area contributed by atoms with E-state index in [9.17, 15) is 9.90 Å². The number of benzene rings is 2. The predicted molar refractivity (Wildman–Crippen MR) is 136 cm³/mol. The minimum absolute atomic E-state index is 0.224. The topological polar surface area (TPSA) is 87.7 Å². The van der Waals surface area contributed by atoms with Crippen molar-refractivity contribution < 1.29 is 19.2 Å². The number of likely N-dealkylation sites (tertiary alicyclic amines) is 1. The first-order valence-corrected chi connectivity index (χ1v) is 12.1. The third-order valence-corrected chi connectivity index (χ3v) is 7.63. The molecule has 2 saturated heterocycles. The normalized spacial score (nSPS) is 23.1. The summed E-state index contributed by atoms with van der Waals surface area (Å²) in [6.07, 6.45) is 1.67. The van der Waals surface area contributed by atoms with E-state index in [1.807, 2.05) is 0 Å². The molecule has 1 amide bonds. The first-order valence-electron chi connectivity index (χ1n) is 12.1. The fraction of sp³-hybridized carbons (Fsp3) is 0.407. The molecule has 7 nitrogen and oxygen atoms in total. The lowest BCUT2D eigenvalue weighted by Gasteiger charge is -2.32. The summed E-state index contributed by atoms with van der Waals surface area (Å²) in [6.45, 7) is 10.8. The molecule has 3 heterocycles. The third kappa shape index (κ3) is 4.37. The molecule has 1 aromatic heterocycles. The summed E-state index contributed by atoms with van der Waals surface area (Å²) in [7, 11) is -0.370. The van der Waals surface area contributed by atoms with E-state index in [0.29, 0.717) is 18.3 Å². The van der Waals surface area contributed by atoms with Gasteiger partial charge in [-0.15, -0.1) is 0 Å². The minimum Gasteiger partial charge on any atom is -0.465 e. The maximum absolute atomic E-state index is 11.6. The van der Waals surface area contributed by atoms with Crippen molar-refractivity contribution in [2.75, 3.05) is 6.54 Å². The van der Waals surface area contributed by atoms with Crippen LogP contribution in [-0.2, 0) is 9.31 Å². The van der Waals surface area contributed by atoms with Gasteiger partial charge in [0.2, 0.25) is 0 Å². The van der Waals surface area contributed by atoms with E-state index in [4.69, 9.17) is 9.31 Å². The molecule has 0 bridgehead atoms. The van der Waals surface area contributed by atoms with E-state index < -0.39 is 6.09 Å². The Kier molecular flexibility index (Phi) is 5.76. The average Bonchev–Trinajstić information content (AvgIpc) is 3.50. The number of carbonyl (C=O) groups is 1. The number of amides is 1. The first kappa shape index (κ1) is 23.6. The van der Waals surface area contributed by atoms with Crippen LogP contribution in [-0.4, -0.2) is 50.9 Å². The Morgan fingerprint density at radius 2 is 1.54 bits per heavy atom. The Hall–Kier alpha value is -3.10. The van der Waals surface area contributed by atoms with Crippen LogP contribution in [0.15, 0.2) is 54.7 Å². The Morgan fingerprint density at radius 1 is 1.00 bits per heavy atom. The van der Waals surface area contributed by atoms with Gasteiger partial charge in [-0.25, -0.2) is 9.78 Å². The molecule has 182 valence electrons. The van der Waals surface area contributed by atoms with Crippen LogP contribution in [0.4, 0.5) is 4.79 Å². The van der Waals surface area contributed by atoms with Gasteiger partial charge in [-0.3, -0.25) is 4.90 Å². The molecule has 2 fully saturated rings. The lowest BCUT2D eigenvalue weighted by Crippen LogP contribution is -2.41. The largest absolute Gasteiger partial charge is 0.494 e. The molecule has 2 aliphatic rings. The second kappa shape index (κ2) is 8.54. The van der Waals surface area contributed by atoms with Crippen molar-refractivity contribution in [2.45, 2.75) is 58.3 Å². The number of imidazole rings is 1. The van der Waals surface area contributed by atoms with E-state index in [0.717, 1.165) is 34.3 Å². The Balaban J connectivity index is 1.30. The molecule has 0 saturated carbocycles. The van der Waals surface area contributed by atoms with Crippen molar-refractivity contribution in [1.82, 2.24) is 14.9 Å². The van der Waals surface area contributed by atoms with Crippen LogP contribution >= 0.6 is 0 Å². The third-order valence-electron chi connectivity index (χ3n) is 7.63. The highest BCUT2D eigenvalue weighted by atomic mass is 16.7. The number of hydrogen-bond acceptors (Lipinski definition) is 4. The highest BCUT2D eigenvalue weighted by Gasteiger charge is 2.51. The zero-order chi connectivity index (χ0) is 25.0. The number of rotatable bonds is 4. The molecule has 0 aliphatic carbocycles. The number of aromatic amines is 1. The number of hydrogen-bond donors (Lipinski definition) is 2. The summed E-state index contributed by atoms with van der Waals surface area (Å²) < 4.78 is 12.3. The van der Waals surface area contributed by atoms with Crippen molar-refractivity contribution in [1.29, 1.82) is 0 Å². The van der Waals surface area contributed by atoms with Crippen LogP contribution < -0.4 is 5.46 Å². The van der Waals surface area contributed by atoms with Crippen molar-refractivity contribution in [3.8, 4) is 22.4 Å². The zero-order valence-electron chi connectivity index (χ0n) is 20.9. The predicted octanol–water partition coefficient (Wildman–Crippen LogP) is 5.10. The molecule has 2 atom stereocenters. The van der Waals surface area contributed by atoms with Crippen molar-refractivity contribution in [3.63, 3.8) is 0 Å². The van der Waals surface area contributed by atoms with Crippen LogP contribution in [0.2, 0.25) is 0 Å². The SMILES string of the molecule is C[C@H]1C[C@@H](c2ncc(-c3ccc(-c4ccc(B5OC(C)(C)C(C)(C)O5)cc4)cc3)[nH]2)N(C(=O)O)C1. The Bertz CT molecular complexity index is 1200. The quantitative estimate of drug-likeness (QED) is 0.515. The second-order valence-electron chi connectivity index (χ2n) is 10.8. The van der Waals surface area contributed by atoms with E-state index in [1.165, 1.54) is 4.90 Å². The lowest BCUT2D eigenvalue weighted by atomic mass is 9.78. The molecule has 2 aromatic carbocycles. The minimum atomic E-state index is -0.897. The van der Waals surface area contributed by atoms with Gasteiger partial charge in [0.05, 0.1) is 29.1 Å². The number of nitrogens with zero attached hydrogens (tertiary/aromatic N) is 2. The maximum Gasteiger partial charge on any atom is 0.494 e. The van der Waals surface area contributed by atoms with Gasteiger partial charge in [0.1, 0.15) is 5.82 Å². The number of H-pyrrole nitrogens is 1. The number of aromatic nitrogens is 2. The molecular formula is C27H32BN3O4. The molecule has 2 aliphatic heterocycles. The highest BCUT2D eigenvalue weighted by molar-refractivity contribution is 6.62. The first-order chi connectivity index (χ1) is 16.5. The fourth-order valence-corrected chi connectivity index (χ4v) is 4.82. The summed E-state index contributed by atoms with van der Waals surface area (Å²) in [5.41, 5.74) is 4.39. The van der Waals surface area contributed by atoms with Crippen LogP contribution in [0, 0.1) is 5.92 Å². The molecule has 5 rings (SSSR count). The van der Waals surface area contributed by atoms with Gasteiger partial charge >= 0.3 is 13.2 Å². The molecular weight excluding hydrogens is 441 g/mol. The van der Waals surface area contributed by atoms with Gasteiger partial charge in [0.25, 0.3) is 0 Å². The number of nitrogens with one attached hydrogen (secondary N) is 1. The smallest absolute Gasteiger partial charge is 0.465 e. The molecule has 0 radical (unpaired) electrons. The van der Waals surface area contributed by atoms with Crippen LogP contribution in [0.1, 0.15) is 52.9 Å². The molecule has 2 N–H and O–H groups in total. The highest BCUT2D eigenvalue weighted by Crippen LogP contribution is 2.37. The average molecular weight is 473 g/mol. The van der Waals surface area contributed by atoms with Crippen molar-refractivity contribution >= 4 is 18.7 Å². The Morgan fingerprint density at radius 3 is 2.11 bits per heavy atom. The standard InChI is InChI=1S/C27H32BN3O4/c1-17-14-23(31(16-17)25(32)33)24-29-15-22(30-24)20-8-6-18(7-9-20)19-10-12-21(13-11-19)28-34-26(2,3)27(4,5)35-28/h6-13,15,17,23H,14,16H2,1-5H3,(H,29,30)(H,32,33)/t17-,23-/m0/s1. The van der Waals surface area contributed by atoms with Gasteiger partial charge in [-0.1, -0.05) is 55.5 Å². The zero-order valence-corrected chi connectivity index (χ0v) is 20.9. The molecule has 35 heavy (non-hydrogen) atoms. The van der Waals surface area contributed by atoms with Gasteiger partial charge in [-0.05, 0) is 62.2 Å².